The Bertz CT molecular complexity index is 834. The maximum absolute atomic E-state index is 12.8. The number of rotatable bonds is 6. The summed E-state index contributed by atoms with van der Waals surface area (Å²) in [6.45, 7) is 2.48. The number of methoxy groups -OCH3 is 1. The molecule has 0 bridgehead atoms. The number of hydrogen-bond donors (Lipinski definition) is 0. The van der Waals surface area contributed by atoms with Crippen LogP contribution in [0.4, 0.5) is 0 Å². The van der Waals surface area contributed by atoms with Crippen molar-refractivity contribution >= 4 is 44.5 Å². The number of likely N-dealkylation sites (tertiary alicyclic amines) is 1. The molecule has 1 aliphatic heterocycles. The van der Waals surface area contributed by atoms with Crippen LogP contribution in [0, 0.1) is 0 Å². The molecule has 1 aromatic heterocycles. The third-order valence-corrected chi connectivity index (χ3v) is 5.64. The molecule has 0 unspecified atom stereocenters. The van der Waals surface area contributed by atoms with Crippen molar-refractivity contribution in [1.29, 1.82) is 0 Å². The van der Waals surface area contributed by atoms with Crippen molar-refractivity contribution in [3.05, 3.63) is 33.0 Å². The van der Waals surface area contributed by atoms with Crippen molar-refractivity contribution < 1.29 is 9.53 Å². The van der Waals surface area contributed by atoms with Crippen LogP contribution in [-0.4, -0.2) is 52.9 Å². The Hall–Kier alpha value is -1.38. The first-order valence-corrected chi connectivity index (χ1v) is 9.97. The van der Waals surface area contributed by atoms with E-state index in [1.807, 2.05) is 17.0 Å². The van der Waals surface area contributed by atoms with Gasteiger partial charge < -0.3 is 9.64 Å². The van der Waals surface area contributed by atoms with E-state index in [9.17, 15) is 9.59 Å². The van der Waals surface area contributed by atoms with Crippen LogP contribution in [-0.2, 0) is 16.1 Å². The van der Waals surface area contributed by atoms with Crippen molar-refractivity contribution in [2.45, 2.75) is 24.5 Å². The Morgan fingerprint density at radius 1 is 1.36 bits per heavy atom. The number of thioether (sulfide) groups is 1. The largest absolute Gasteiger partial charge is 0.383 e. The van der Waals surface area contributed by atoms with E-state index >= 15 is 0 Å². The second kappa shape index (κ2) is 8.33. The summed E-state index contributed by atoms with van der Waals surface area (Å²) in [5.41, 5.74) is 0.525. The van der Waals surface area contributed by atoms with E-state index in [0.717, 1.165) is 30.4 Å². The number of halogens is 1. The van der Waals surface area contributed by atoms with E-state index in [2.05, 4.69) is 20.9 Å². The number of ether oxygens (including phenoxy) is 1. The Labute approximate surface area is 158 Å². The van der Waals surface area contributed by atoms with Crippen LogP contribution in [0.15, 0.2) is 32.6 Å². The van der Waals surface area contributed by atoms with E-state index in [1.165, 1.54) is 11.8 Å². The van der Waals surface area contributed by atoms with E-state index in [4.69, 9.17) is 4.74 Å². The van der Waals surface area contributed by atoms with Gasteiger partial charge in [-0.15, -0.1) is 0 Å². The number of fused-ring (bicyclic) bond motifs is 1. The summed E-state index contributed by atoms with van der Waals surface area (Å²) >= 11 is 4.71. The van der Waals surface area contributed by atoms with Crippen LogP contribution in [0.1, 0.15) is 12.8 Å². The standard InChI is InChI=1S/C17H20BrN3O3S/c1-24-9-8-21-16(23)13-10-12(18)4-5-14(13)19-17(21)25-11-15(22)20-6-2-3-7-20/h4-5,10H,2-3,6-9,11H2,1H3. The molecule has 0 N–H and O–H groups in total. The first-order chi connectivity index (χ1) is 12.1. The molecule has 1 aliphatic rings. The lowest BCUT2D eigenvalue weighted by atomic mass is 10.2. The van der Waals surface area contributed by atoms with Gasteiger partial charge in [0.15, 0.2) is 5.16 Å². The lowest BCUT2D eigenvalue weighted by Gasteiger charge is -2.16. The first-order valence-electron chi connectivity index (χ1n) is 8.20. The highest BCUT2D eigenvalue weighted by Gasteiger charge is 2.19. The van der Waals surface area contributed by atoms with E-state index in [1.54, 1.807) is 17.7 Å². The Morgan fingerprint density at radius 2 is 2.12 bits per heavy atom. The Morgan fingerprint density at radius 3 is 2.84 bits per heavy atom. The minimum atomic E-state index is -0.112. The van der Waals surface area contributed by atoms with Crippen molar-refractivity contribution in [2.75, 3.05) is 32.6 Å². The molecule has 2 heterocycles. The summed E-state index contributed by atoms with van der Waals surface area (Å²) in [5, 5.41) is 1.12. The third-order valence-electron chi connectivity index (χ3n) is 4.18. The second-order valence-corrected chi connectivity index (χ2v) is 7.74. The van der Waals surface area contributed by atoms with Gasteiger partial charge in [-0.05, 0) is 31.0 Å². The second-order valence-electron chi connectivity index (χ2n) is 5.88. The highest BCUT2D eigenvalue weighted by molar-refractivity contribution is 9.10. The summed E-state index contributed by atoms with van der Waals surface area (Å²) in [7, 11) is 1.60. The fraction of sp³-hybridized carbons (Fsp3) is 0.471. The molecule has 1 amide bonds. The molecule has 1 aromatic carbocycles. The topological polar surface area (TPSA) is 64.4 Å². The van der Waals surface area contributed by atoms with Crippen LogP contribution in [0.25, 0.3) is 10.9 Å². The van der Waals surface area contributed by atoms with Gasteiger partial charge in [-0.1, -0.05) is 27.7 Å². The van der Waals surface area contributed by atoms with E-state index in [-0.39, 0.29) is 11.5 Å². The lowest BCUT2D eigenvalue weighted by Crippen LogP contribution is -2.30. The molecule has 0 atom stereocenters. The molecule has 3 rings (SSSR count). The van der Waals surface area contributed by atoms with Crippen molar-refractivity contribution in [1.82, 2.24) is 14.5 Å². The summed E-state index contributed by atoms with van der Waals surface area (Å²) < 4.78 is 7.55. The number of hydrogen-bond acceptors (Lipinski definition) is 5. The van der Waals surface area contributed by atoms with Crippen molar-refractivity contribution in [2.24, 2.45) is 0 Å². The predicted molar refractivity (Wildman–Crippen MR) is 102 cm³/mol. The molecule has 1 saturated heterocycles. The van der Waals surface area contributed by atoms with Crippen molar-refractivity contribution in [3.8, 4) is 0 Å². The monoisotopic (exact) mass is 425 g/mol. The Kier molecular flexibility index (Phi) is 6.14. The van der Waals surface area contributed by atoms with Gasteiger partial charge in [0.1, 0.15) is 0 Å². The van der Waals surface area contributed by atoms with Crippen molar-refractivity contribution in [3.63, 3.8) is 0 Å². The van der Waals surface area contributed by atoms with Gasteiger partial charge in [-0.2, -0.15) is 0 Å². The molecular formula is C17H20BrN3O3S. The zero-order chi connectivity index (χ0) is 17.8. The predicted octanol–water partition coefficient (Wildman–Crippen LogP) is 2.52. The summed E-state index contributed by atoms with van der Waals surface area (Å²) in [6, 6.07) is 5.45. The normalized spacial score (nSPS) is 14.4. The first kappa shape index (κ1) is 18.4. The molecule has 0 aliphatic carbocycles. The number of amides is 1. The minimum Gasteiger partial charge on any atom is -0.383 e. The zero-order valence-corrected chi connectivity index (χ0v) is 16.4. The molecule has 0 radical (unpaired) electrons. The maximum atomic E-state index is 12.8. The molecule has 1 fully saturated rings. The van der Waals surface area contributed by atoms with Crippen LogP contribution in [0.2, 0.25) is 0 Å². The number of carbonyl (C=O) groups is 1. The highest BCUT2D eigenvalue weighted by Crippen LogP contribution is 2.21. The zero-order valence-electron chi connectivity index (χ0n) is 14.0. The van der Waals surface area contributed by atoms with Gasteiger partial charge in [0.25, 0.3) is 5.56 Å². The SMILES string of the molecule is COCCn1c(SCC(=O)N2CCCC2)nc2ccc(Br)cc2c1=O. The van der Waals surface area contributed by atoms with Crippen LogP contribution >= 0.6 is 27.7 Å². The Balaban J connectivity index is 1.90. The molecule has 8 heteroatoms. The molecule has 0 spiro atoms. The molecule has 2 aromatic rings. The summed E-state index contributed by atoms with van der Waals surface area (Å²) in [6.07, 6.45) is 2.14. The van der Waals surface area contributed by atoms with Gasteiger partial charge in [-0.25, -0.2) is 4.98 Å². The number of benzene rings is 1. The fourth-order valence-electron chi connectivity index (χ4n) is 2.85. The lowest BCUT2D eigenvalue weighted by molar-refractivity contribution is -0.127. The third kappa shape index (κ3) is 4.24. The molecule has 134 valence electrons. The summed E-state index contributed by atoms with van der Waals surface area (Å²) in [5.74, 6) is 0.396. The highest BCUT2D eigenvalue weighted by atomic mass is 79.9. The van der Waals surface area contributed by atoms with E-state index in [0.29, 0.717) is 35.0 Å². The maximum Gasteiger partial charge on any atom is 0.262 e. The van der Waals surface area contributed by atoms with Gasteiger partial charge in [-0.3, -0.25) is 14.2 Å². The van der Waals surface area contributed by atoms with Gasteiger partial charge in [0, 0.05) is 24.7 Å². The smallest absolute Gasteiger partial charge is 0.262 e. The molecular weight excluding hydrogens is 406 g/mol. The fourth-order valence-corrected chi connectivity index (χ4v) is 4.14. The molecule has 0 saturated carbocycles. The van der Waals surface area contributed by atoms with Crippen LogP contribution in [0.5, 0.6) is 0 Å². The quantitative estimate of drug-likeness (QED) is 0.525. The number of aromatic nitrogens is 2. The number of nitrogens with zero attached hydrogens (tertiary/aromatic N) is 3. The van der Waals surface area contributed by atoms with Gasteiger partial charge in [0.05, 0.1) is 29.8 Å². The summed E-state index contributed by atoms with van der Waals surface area (Å²) in [4.78, 5) is 31.6. The number of carbonyl (C=O) groups excluding carboxylic acids is 1. The minimum absolute atomic E-state index is 0.103. The van der Waals surface area contributed by atoms with Gasteiger partial charge in [0.2, 0.25) is 5.91 Å². The average Bonchev–Trinajstić information content (AvgIpc) is 3.14. The van der Waals surface area contributed by atoms with E-state index < -0.39 is 0 Å². The average molecular weight is 426 g/mol. The van der Waals surface area contributed by atoms with Crippen LogP contribution < -0.4 is 5.56 Å². The van der Waals surface area contributed by atoms with Crippen LogP contribution in [0.3, 0.4) is 0 Å². The van der Waals surface area contributed by atoms with Gasteiger partial charge >= 0.3 is 0 Å². The molecule has 25 heavy (non-hydrogen) atoms. The molecule has 6 nitrogen and oxygen atoms in total.